The largest absolute Gasteiger partial charge is 0.368 e. The monoisotopic (exact) mass is 213 g/mol. The van der Waals surface area contributed by atoms with E-state index in [1.54, 1.807) is 0 Å². The standard InChI is InChI=1S/C12H23NO2/c1-2-3-9-13-12(14)10-15-11-7-5-4-6-8-11/h11H,2-10H2,1H3,(H,13,14). The fourth-order valence-electron chi connectivity index (χ4n) is 1.88. The van der Waals surface area contributed by atoms with Gasteiger partial charge in [0.2, 0.25) is 5.91 Å². The van der Waals surface area contributed by atoms with Crippen LogP contribution in [0, 0.1) is 0 Å². The van der Waals surface area contributed by atoms with Crippen LogP contribution in [-0.2, 0) is 9.53 Å². The first-order valence-corrected chi connectivity index (χ1v) is 6.21. The van der Waals surface area contributed by atoms with Crippen LogP contribution in [0.2, 0.25) is 0 Å². The van der Waals surface area contributed by atoms with Crippen LogP contribution in [0.3, 0.4) is 0 Å². The van der Waals surface area contributed by atoms with E-state index in [2.05, 4.69) is 12.2 Å². The molecule has 0 heterocycles. The van der Waals surface area contributed by atoms with Crippen LogP contribution in [0.25, 0.3) is 0 Å². The Kier molecular flexibility index (Phi) is 6.41. The van der Waals surface area contributed by atoms with Crippen LogP contribution in [0.5, 0.6) is 0 Å². The second-order valence-corrected chi connectivity index (χ2v) is 4.27. The Hall–Kier alpha value is -0.570. The first kappa shape index (κ1) is 12.5. The summed E-state index contributed by atoms with van der Waals surface area (Å²) in [6.45, 7) is 3.14. The lowest BCUT2D eigenvalue weighted by Gasteiger charge is -2.21. The maximum atomic E-state index is 11.3. The highest BCUT2D eigenvalue weighted by Gasteiger charge is 2.14. The highest BCUT2D eigenvalue weighted by atomic mass is 16.5. The molecule has 0 aromatic rings. The predicted molar refractivity (Wildman–Crippen MR) is 60.7 cm³/mol. The number of ether oxygens (including phenoxy) is 1. The van der Waals surface area contributed by atoms with E-state index in [0.717, 1.165) is 32.2 Å². The number of rotatable bonds is 6. The summed E-state index contributed by atoms with van der Waals surface area (Å²) in [5.41, 5.74) is 0. The Morgan fingerprint density at radius 1 is 1.33 bits per heavy atom. The Balaban J connectivity index is 2.00. The Morgan fingerprint density at radius 2 is 2.07 bits per heavy atom. The van der Waals surface area contributed by atoms with Crippen molar-refractivity contribution in [2.75, 3.05) is 13.2 Å². The normalized spacial score (nSPS) is 17.7. The lowest BCUT2D eigenvalue weighted by molar-refractivity contribution is -0.128. The van der Waals surface area contributed by atoms with E-state index in [9.17, 15) is 4.79 Å². The molecule has 1 fully saturated rings. The molecule has 0 spiro atoms. The van der Waals surface area contributed by atoms with Crippen molar-refractivity contribution >= 4 is 5.91 Å². The molecule has 1 N–H and O–H groups in total. The molecule has 0 aliphatic heterocycles. The van der Waals surface area contributed by atoms with Gasteiger partial charge in [0.15, 0.2) is 0 Å². The van der Waals surface area contributed by atoms with Gasteiger partial charge in [-0.05, 0) is 19.3 Å². The molecular weight excluding hydrogens is 190 g/mol. The predicted octanol–water partition coefficient (Wildman–Crippen LogP) is 2.25. The third-order valence-corrected chi connectivity index (χ3v) is 2.85. The van der Waals surface area contributed by atoms with Gasteiger partial charge in [0.1, 0.15) is 6.61 Å². The number of nitrogens with one attached hydrogen (secondary N) is 1. The number of hydrogen-bond donors (Lipinski definition) is 1. The molecule has 0 aromatic carbocycles. The van der Waals surface area contributed by atoms with Crippen LogP contribution in [0.4, 0.5) is 0 Å². The summed E-state index contributed by atoms with van der Waals surface area (Å²) in [5, 5.41) is 2.86. The summed E-state index contributed by atoms with van der Waals surface area (Å²) in [5.74, 6) is 0.0361. The SMILES string of the molecule is CCCCNC(=O)COC1CCCCC1. The van der Waals surface area contributed by atoms with E-state index in [4.69, 9.17) is 4.74 Å². The third kappa shape index (κ3) is 5.78. The topological polar surface area (TPSA) is 38.3 Å². The first-order valence-electron chi connectivity index (χ1n) is 6.21. The molecule has 0 aromatic heterocycles. The zero-order chi connectivity index (χ0) is 10.9. The average Bonchev–Trinajstić information content (AvgIpc) is 2.28. The van der Waals surface area contributed by atoms with E-state index < -0.39 is 0 Å². The molecule has 3 nitrogen and oxygen atoms in total. The van der Waals surface area contributed by atoms with Crippen molar-refractivity contribution in [2.24, 2.45) is 0 Å². The van der Waals surface area contributed by atoms with Gasteiger partial charge in [0.05, 0.1) is 6.10 Å². The number of carbonyl (C=O) groups excluding carboxylic acids is 1. The minimum Gasteiger partial charge on any atom is -0.368 e. The second kappa shape index (κ2) is 7.69. The number of hydrogen-bond acceptors (Lipinski definition) is 2. The quantitative estimate of drug-likeness (QED) is 0.687. The Bertz CT molecular complexity index is 176. The van der Waals surface area contributed by atoms with Gasteiger partial charge in [-0.2, -0.15) is 0 Å². The van der Waals surface area contributed by atoms with Crippen molar-refractivity contribution < 1.29 is 9.53 Å². The molecule has 1 aliphatic carbocycles. The van der Waals surface area contributed by atoms with E-state index in [-0.39, 0.29) is 12.5 Å². The molecule has 15 heavy (non-hydrogen) atoms. The molecular formula is C12H23NO2. The summed E-state index contributed by atoms with van der Waals surface area (Å²) >= 11 is 0. The Morgan fingerprint density at radius 3 is 2.73 bits per heavy atom. The van der Waals surface area contributed by atoms with Gasteiger partial charge in [0, 0.05) is 6.54 Å². The van der Waals surface area contributed by atoms with E-state index >= 15 is 0 Å². The maximum absolute atomic E-state index is 11.3. The van der Waals surface area contributed by atoms with Crippen molar-refractivity contribution in [1.29, 1.82) is 0 Å². The molecule has 0 unspecified atom stereocenters. The van der Waals surface area contributed by atoms with Crippen LogP contribution in [0.15, 0.2) is 0 Å². The van der Waals surface area contributed by atoms with E-state index in [1.165, 1.54) is 19.3 Å². The molecule has 88 valence electrons. The molecule has 1 rings (SSSR count). The fraction of sp³-hybridized carbons (Fsp3) is 0.917. The zero-order valence-electron chi connectivity index (χ0n) is 9.76. The van der Waals surface area contributed by atoms with Crippen molar-refractivity contribution in [2.45, 2.75) is 58.0 Å². The molecule has 1 aliphatic rings. The van der Waals surface area contributed by atoms with E-state index in [0.29, 0.717) is 6.10 Å². The smallest absolute Gasteiger partial charge is 0.246 e. The highest BCUT2D eigenvalue weighted by molar-refractivity contribution is 5.77. The van der Waals surface area contributed by atoms with Gasteiger partial charge >= 0.3 is 0 Å². The van der Waals surface area contributed by atoms with Gasteiger partial charge in [0.25, 0.3) is 0 Å². The lowest BCUT2D eigenvalue weighted by Crippen LogP contribution is -2.31. The minimum atomic E-state index is 0.0361. The van der Waals surface area contributed by atoms with Gasteiger partial charge in [-0.1, -0.05) is 32.6 Å². The van der Waals surface area contributed by atoms with E-state index in [1.807, 2.05) is 0 Å². The molecule has 0 saturated heterocycles. The molecule has 0 radical (unpaired) electrons. The van der Waals surface area contributed by atoms with Gasteiger partial charge in [-0.15, -0.1) is 0 Å². The van der Waals surface area contributed by atoms with Gasteiger partial charge in [-0.3, -0.25) is 4.79 Å². The number of amides is 1. The van der Waals surface area contributed by atoms with Crippen molar-refractivity contribution in [3.63, 3.8) is 0 Å². The minimum absolute atomic E-state index is 0.0361. The first-order chi connectivity index (χ1) is 7.33. The van der Waals surface area contributed by atoms with Gasteiger partial charge < -0.3 is 10.1 Å². The summed E-state index contributed by atoms with van der Waals surface area (Å²) < 4.78 is 5.56. The lowest BCUT2D eigenvalue weighted by atomic mass is 9.98. The summed E-state index contributed by atoms with van der Waals surface area (Å²) in [4.78, 5) is 11.3. The molecule has 3 heteroatoms. The summed E-state index contributed by atoms with van der Waals surface area (Å²) in [6.07, 6.45) is 8.58. The molecule has 1 saturated carbocycles. The van der Waals surface area contributed by atoms with Crippen LogP contribution in [0.1, 0.15) is 51.9 Å². The fourth-order valence-corrected chi connectivity index (χ4v) is 1.88. The second-order valence-electron chi connectivity index (χ2n) is 4.27. The van der Waals surface area contributed by atoms with Crippen molar-refractivity contribution in [1.82, 2.24) is 5.32 Å². The zero-order valence-corrected chi connectivity index (χ0v) is 9.76. The van der Waals surface area contributed by atoms with Crippen molar-refractivity contribution in [3.8, 4) is 0 Å². The summed E-state index contributed by atoms with van der Waals surface area (Å²) in [7, 11) is 0. The maximum Gasteiger partial charge on any atom is 0.246 e. The highest BCUT2D eigenvalue weighted by Crippen LogP contribution is 2.19. The van der Waals surface area contributed by atoms with Crippen LogP contribution < -0.4 is 5.32 Å². The number of carbonyl (C=O) groups is 1. The summed E-state index contributed by atoms with van der Waals surface area (Å²) in [6, 6.07) is 0. The third-order valence-electron chi connectivity index (χ3n) is 2.85. The van der Waals surface area contributed by atoms with Crippen molar-refractivity contribution in [3.05, 3.63) is 0 Å². The average molecular weight is 213 g/mol. The van der Waals surface area contributed by atoms with Gasteiger partial charge in [-0.25, -0.2) is 0 Å². The molecule has 0 bridgehead atoms. The molecule has 1 amide bonds. The Labute approximate surface area is 92.6 Å². The molecule has 0 atom stereocenters. The van der Waals surface area contributed by atoms with Crippen LogP contribution in [-0.4, -0.2) is 25.2 Å². The number of unbranched alkanes of at least 4 members (excludes halogenated alkanes) is 1. The van der Waals surface area contributed by atoms with Crippen LogP contribution >= 0.6 is 0 Å².